The molecule has 0 radical (unpaired) electrons. The molecule has 23 heavy (non-hydrogen) atoms. The minimum Gasteiger partial charge on any atom is -0.497 e. The topological polar surface area (TPSA) is 51.8 Å². The second kappa shape index (κ2) is 8.97. The average molecular weight is 332 g/mol. The summed E-state index contributed by atoms with van der Waals surface area (Å²) in [5, 5.41) is 6.71. The molecule has 0 aliphatic rings. The first-order valence-electron chi connectivity index (χ1n) is 7.17. The van der Waals surface area contributed by atoms with Gasteiger partial charge in [0.05, 0.1) is 13.7 Å². The minimum atomic E-state index is 0.559. The molecule has 0 fully saturated rings. The van der Waals surface area contributed by atoms with E-state index in [0.29, 0.717) is 18.3 Å². The van der Waals surface area contributed by atoms with Crippen molar-refractivity contribution in [3.05, 3.63) is 48.5 Å². The molecule has 122 valence electrons. The molecule has 0 heterocycles. The number of hydrogen-bond acceptors (Lipinski definition) is 4. The van der Waals surface area contributed by atoms with E-state index in [4.69, 9.17) is 26.4 Å². The maximum atomic E-state index is 5.79. The van der Waals surface area contributed by atoms with Crippen LogP contribution in [0.4, 0.5) is 5.69 Å². The van der Waals surface area contributed by atoms with E-state index in [1.54, 1.807) is 14.2 Å². The van der Waals surface area contributed by atoms with Gasteiger partial charge >= 0.3 is 0 Å². The molecule has 0 spiro atoms. The number of ether oxygens (including phenoxy) is 3. The van der Waals surface area contributed by atoms with Crippen molar-refractivity contribution in [2.45, 2.75) is 0 Å². The number of nitrogens with one attached hydrogen (secondary N) is 2. The van der Waals surface area contributed by atoms with Crippen LogP contribution in [0.25, 0.3) is 0 Å². The molecule has 6 heteroatoms. The lowest BCUT2D eigenvalue weighted by atomic mass is 10.3. The van der Waals surface area contributed by atoms with Crippen molar-refractivity contribution in [1.82, 2.24) is 5.32 Å². The molecule has 5 nitrogen and oxygen atoms in total. The van der Waals surface area contributed by atoms with Gasteiger partial charge in [-0.05, 0) is 48.6 Å². The van der Waals surface area contributed by atoms with E-state index in [9.17, 15) is 0 Å². The molecular formula is C17H20N2O3S. The molecule has 2 aromatic rings. The van der Waals surface area contributed by atoms with Crippen LogP contribution in [0, 0.1) is 0 Å². The van der Waals surface area contributed by atoms with Crippen LogP contribution in [-0.4, -0.2) is 32.5 Å². The van der Waals surface area contributed by atoms with Crippen LogP contribution >= 0.6 is 12.2 Å². The van der Waals surface area contributed by atoms with Gasteiger partial charge in [-0.3, -0.25) is 0 Å². The quantitative estimate of drug-likeness (QED) is 0.598. The van der Waals surface area contributed by atoms with Crippen molar-refractivity contribution < 1.29 is 14.2 Å². The highest BCUT2D eigenvalue weighted by atomic mass is 32.1. The predicted molar refractivity (Wildman–Crippen MR) is 95.6 cm³/mol. The fraction of sp³-hybridized carbons (Fsp3) is 0.235. The molecule has 0 aliphatic heterocycles. The molecule has 0 unspecified atom stereocenters. The summed E-state index contributed by atoms with van der Waals surface area (Å²) in [6.45, 7) is 1.27. The maximum absolute atomic E-state index is 5.79. The second-order valence-electron chi connectivity index (χ2n) is 4.68. The monoisotopic (exact) mass is 332 g/mol. The molecule has 2 rings (SSSR count). The van der Waals surface area contributed by atoms with Gasteiger partial charge in [-0.15, -0.1) is 0 Å². The number of anilines is 1. The average Bonchev–Trinajstić information content (AvgIpc) is 2.57. The van der Waals surface area contributed by atoms with Gasteiger partial charge in [-0.2, -0.15) is 0 Å². The van der Waals surface area contributed by atoms with Gasteiger partial charge < -0.3 is 24.8 Å². The predicted octanol–water partition coefficient (Wildman–Crippen LogP) is 3.42. The zero-order valence-electron chi connectivity index (χ0n) is 13.2. The smallest absolute Gasteiger partial charge is 0.170 e. The van der Waals surface area contributed by atoms with Gasteiger partial charge in [-0.25, -0.2) is 0 Å². The fourth-order valence-corrected chi connectivity index (χ4v) is 2.07. The van der Waals surface area contributed by atoms with Gasteiger partial charge in [0.15, 0.2) is 5.11 Å². The Morgan fingerprint density at radius 1 is 1.00 bits per heavy atom. The van der Waals surface area contributed by atoms with E-state index < -0.39 is 0 Å². The highest BCUT2D eigenvalue weighted by Gasteiger charge is 2.01. The Bertz CT molecular complexity index is 632. The van der Waals surface area contributed by atoms with Crippen LogP contribution < -0.4 is 20.1 Å². The highest BCUT2D eigenvalue weighted by Crippen LogP contribution is 2.26. The Morgan fingerprint density at radius 3 is 2.43 bits per heavy atom. The molecule has 0 aliphatic carbocycles. The molecule has 0 saturated heterocycles. The Morgan fingerprint density at radius 2 is 1.74 bits per heavy atom. The molecule has 0 bridgehead atoms. The molecule has 0 atom stereocenters. The van der Waals surface area contributed by atoms with Crippen molar-refractivity contribution in [3.63, 3.8) is 0 Å². The zero-order valence-corrected chi connectivity index (χ0v) is 14.0. The van der Waals surface area contributed by atoms with Crippen LogP contribution in [0.15, 0.2) is 48.5 Å². The van der Waals surface area contributed by atoms with Crippen molar-refractivity contribution >= 4 is 23.0 Å². The van der Waals surface area contributed by atoms with E-state index in [2.05, 4.69) is 10.6 Å². The number of benzene rings is 2. The summed E-state index contributed by atoms with van der Waals surface area (Å²) in [6.07, 6.45) is 0. The van der Waals surface area contributed by atoms with Crippen molar-refractivity contribution in [2.75, 3.05) is 32.7 Å². The third-order valence-electron chi connectivity index (χ3n) is 2.98. The number of methoxy groups -OCH3 is 2. The van der Waals surface area contributed by atoms with Gasteiger partial charge in [0.1, 0.15) is 17.2 Å². The lowest BCUT2D eigenvalue weighted by molar-refractivity contribution is 0.204. The molecule has 2 N–H and O–H groups in total. The molecule has 0 amide bonds. The largest absolute Gasteiger partial charge is 0.497 e. The van der Waals surface area contributed by atoms with E-state index in [1.165, 1.54) is 0 Å². The van der Waals surface area contributed by atoms with Gasteiger partial charge in [-0.1, -0.05) is 6.07 Å². The summed E-state index contributed by atoms with van der Waals surface area (Å²) in [5.41, 5.74) is 0.887. The van der Waals surface area contributed by atoms with E-state index in [-0.39, 0.29) is 0 Å². The Balaban J connectivity index is 1.90. The first-order chi connectivity index (χ1) is 11.2. The summed E-state index contributed by atoms with van der Waals surface area (Å²) in [7, 11) is 3.28. The van der Waals surface area contributed by atoms with Crippen LogP contribution in [0.3, 0.4) is 0 Å². The van der Waals surface area contributed by atoms with Crippen molar-refractivity contribution in [2.24, 2.45) is 0 Å². The normalized spacial score (nSPS) is 10.0. The lowest BCUT2D eigenvalue weighted by Crippen LogP contribution is -2.31. The Labute approximate surface area is 141 Å². The number of hydrogen-bond donors (Lipinski definition) is 2. The molecule has 2 aromatic carbocycles. The molecular weight excluding hydrogens is 312 g/mol. The number of thiocarbonyl (C=S) groups is 1. The van der Waals surface area contributed by atoms with Gasteiger partial charge in [0, 0.05) is 25.4 Å². The van der Waals surface area contributed by atoms with Crippen molar-refractivity contribution in [3.8, 4) is 17.2 Å². The van der Waals surface area contributed by atoms with Crippen LogP contribution in [-0.2, 0) is 4.74 Å². The SMILES string of the molecule is COCCNC(=S)Nc1ccc(Oc2cccc(OC)c2)cc1. The summed E-state index contributed by atoms with van der Waals surface area (Å²) >= 11 is 5.19. The summed E-state index contributed by atoms with van der Waals surface area (Å²) in [5.74, 6) is 2.22. The highest BCUT2D eigenvalue weighted by molar-refractivity contribution is 7.80. The second-order valence-corrected chi connectivity index (χ2v) is 5.09. The van der Waals surface area contributed by atoms with E-state index >= 15 is 0 Å². The third kappa shape index (κ3) is 5.77. The van der Waals surface area contributed by atoms with Crippen LogP contribution in [0.5, 0.6) is 17.2 Å². The van der Waals surface area contributed by atoms with E-state index in [0.717, 1.165) is 22.9 Å². The summed E-state index contributed by atoms with van der Waals surface area (Å²) in [4.78, 5) is 0. The van der Waals surface area contributed by atoms with Gasteiger partial charge in [0.2, 0.25) is 0 Å². The molecule has 0 aromatic heterocycles. The third-order valence-corrected chi connectivity index (χ3v) is 3.23. The Kier molecular flexibility index (Phi) is 6.65. The maximum Gasteiger partial charge on any atom is 0.170 e. The first-order valence-corrected chi connectivity index (χ1v) is 7.58. The molecule has 0 saturated carbocycles. The number of rotatable bonds is 7. The van der Waals surface area contributed by atoms with E-state index in [1.807, 2.05) is 48.5 Å². The Hall–Kier alpha value is -2.31. The summed E-state index contributed by atoms with van der Waals surface area (Å²) < 4.78 is 15.9. The standard InChI is InChI=1S/C17H20N2O3S/c1-20-11-10-18-17(23)19-13-6-8-14(9-7-13)22-16-5-3-4-15(12-16)21-2/h3-9,12H,10-11H2,1-2H3,(H2,18,19,23). The minimum absolute atomic E-state index is 0.559. The first kappa shape index (κ1) is 17.1. The lowest BCUT2D eigenvalue weighted by Gasteiger charge is -2.11. The van der Waals surface area contributed by atoms with Crippen LogP contribution in [0.2, 0.25) is 0 Å². The zero-order chi connectivity index (χ0) is 16.5. The van der Waals surface area contributed by atoms with Crippen molar-refractivity contribution in [1.29, 1.82) is 0 Å². The fourth-order valence-electron chi connectivity index (χ4n) is 1.85. The summed E-state index contributed by atoms with van der Waals surface area (Å²) in [6, 6.07) is 15.0. The van der Waals surface area contributed by atoms with Crippen LogP contribution in [0.1, 0.15) is 0 Å². The van der Waals surface area contributed by atoms with Gasteiger partial charge in [0.25, 0.3) is 0 Å².